The molecule has 1 aliphatic carbocycles. The molecule has 0 heterocycles. The van der Waals surface area contributed by atoms with Gasteiger partial charge in [-0.3, -0.25) is 4.79 Å². The minimum atomic E-state index is -0.0784. The largest absolute Gasteiger partial charge is 0.466 e. The monoisotopic (exact) mass is 296 g/mol. The van der Waals surface area contributed by atoms with Crippen molar-refractivity contribution in [3.63, 3.8) is 0 Å². The molecule has 92 valence electrons. The van der Waals surface area contributed by atoms with E-state index in [1.807, 2.05) is 6.92 Å². The van der Waals surface area contributed by atoms with Crippen molar-refractivity contribution in [3.8, 4) is 0 Å². The van der Waals surface area contributed by atoms with E-state index in [0.29, 0.717) is 18.9 Å². The molecule has 2 nitrogen and oxygen atoms in total. The Morgan fingerprint density at radius 2 is 2.35 bits per heavy atom. The van der Waals surface area contributed by atoms with Gasteiger partial charge < -0.3 is 4.74 Å². The predicted molar refractivity (Wildman–Crippen MR) is 71.1 cm³/mol. The number of fused-ring (bicyclic) bond motifs is 1. The number of hydrogen-bond acceptors (Lipinski definition) is 2. The van der Waals surface area contributed by atoms with Crippen LogP contribution in [0.25, 0.3) is 0 Å². The van der Waals surface area contributed by atoms with Crippen LogP contribution in [0.1, 0.15) is 43.2 Å². The van der Waals surface area contributed by atoms with E-state index < -0.39 is 0 Å². The van der Waals surface area contributed by atoms with Crippen LogP contribution in [0.15, 0.2) is 22.7 Å². The third-order valence-corrected chi connectivity index (χ3v) is 3.76. The van der Waals surface area contributed by atoms with Gasteiger partial charge in [-0.2, -0.15) is 0 Å². The van der Waals surface area contributed by atoms with E-state index in [0.717, 1.165) is 17.3 Å². The predicted octanol–water partition coefficient (Wildman–Crippen LogP) is 3.82. The number of ether oxygens (including phenoxy) is 1. The van der Waals surface area contributed by atoms with Crippen molar-refractivity contribution < 1.29 is 9.53 Å². The summed E-state index contributed by atoms with van der Waals surface area (Å²) >= 11 is 3.50. The first-order chi connectivity index (χ1) is 8.20. The first kappa shape index (κ1) is 12.6. The molecule has 0 aromatic heterocycles. The maximum atomic E-state index is 11.6. The molecule has 1 aliphatic rings. The molecule has 0 saturated heterocycles. The molecule has 1 atom stereocenters. The van der Waals surface area contributed by atoms with E-state index in [1.165, 1.54) is 17.5 Å². The van der Waals surface area contributed by atoms with Crippen LogP contribution in [0.5, 0.6) is 0 Å². The molecular weight excluding hydrogens is 280 g/mol. The lowest BCUT2D eigenvalue weighted by Gasteiger charge is -2.25. The zero-order valence-corrected chi connectivity index (χ0v) is 11.6. The fourth-order valence-corrected chi connectivity index (χ4v) is 2.88. The molecule has 0 aliphatic heterocycles. The first-order valence-corrected chi connectivity index (χ1v) is 6.94. The molecule has 17 heavy (non-hydrogen) atoms. The highest BCUT2D eigenvalue weighted by atomic mass is 79.9. The maximum Gasteiger partial charge on any atom is 0.306 e. The lowest BCUT2D eigenvalue weighted by molar-refractivity contribution is -0.143. The summed E-state index contributed by atoms with van der Waals surface area (Å²) in [6.45, 7) is 2.32. The Hall–Kier alpha value is -0.830. The van der Waals surface area contributed by atoms with Crippen LogP contribution in [0, 0.1) is 0 Å². The molecule has 0 spiro atoms. The van der Waals surface area contributed by atoms with Gasteiger partial charge in [0.25, 0.3) is 0 Å². The Balaban J connectivity index is 2.16. The van der Waals surface area contributed by atoms with E-state index in [2.05, 4.69) is 34.1 Å². The van der Waals surface area contributed by atoms with Crippen LogP contribution in [-0.2, 0) is 16.0 Å². The molecule has 0 amide bonds. The van der Waals surface area contributed by atoms with E-state index in [-0.39, 0.29) is 5.97 Å². The van der Waals surface area contributed by atoms with Crippen molar-refractivity contribution in [3.05, 3.63) is 33.8 Å². The second kappa shape index (κ2) is 5.67. The Morgan fingerprint density at radius 3 is 3.12 bits per heavy atom. The summed E-state index contributed by atoms with van der Waals surface area (Å²) in [5.41, 5.74) is 2.70. The topological polar surface area (TPSA) is 26.3 Å². The number of benzene rings is 1. The molecule has 3 heteroatoms. The summed E-state index contributed by atoms with van der Waals surface area (Å²) in [7, 11) is 0. The van der Waals surface area contributed by atoms with Gasteiger partial charge in [0, 0.05) is 4.47 Å². The summed E-state index contributed by atoms with van der Waals surface area (Å²) in [6.07, 6.45) is 3.89. The number of hydrogen-bond donors (Lipinski definition) is 0. The molecule has 1 aromatic carbocycles. The Kier molecular flexibility index (Phi) is 4.21. The summed E-state index contributed by atoms with van der Waals surface area (Å²) < 4.78 is 6.13. The fraction of sp³-hybridized carbons (Fsp3) is 0.500. The van der Waals surface area contributed by atoms with E-state index in [1.54, 1.807) is 0 Å². The zero-order chi connectivity index (χ0) is 12.3. The Bertz CT molecular complexity index is 415. The third kappa shape index (κ3) is 3.09. The van der Waals surface area contributed by atoms with Crippen molar-refractivity contribution in [1.29, 1.82) is 0 Å². The van der Waals surface area contributed by atoms with Crippen molar-refractivity contribution in [1.82, 2.24) is 0 Å². The number of aryl methyl sites for hydroxylation is 1. The third-order valence-electron chi connectivity index (χ3n) is 3.26. The minimum Gasteiger partial charge on any atom is -0.466 e. The van der Waals surface area contributed by atoms with Crippen molar-refractivity contribution in [2.24, 2.45) is 0 Å². The van der Waals surface area contributed by atoms with Crippen LogP contribution >= 0.6 is 15.9 Å². The van der Waals surface area contributed by atoms with Crippen LogP contribution in [0.4, 0.5) is 0 Å². The quantitative estimate of drug-likeness (QED) is 0.793. The van der Waals surface area contributed by atoms with Crippen molar-refractivity contribution in [2.75, 3.05) is 6.61 Å². The molecule has 0 N–H and O–H groups in total. The van der Waals surface area contributed by atoms with E-state index in [9.17, 15) is 4.79 Å². The van der Waals surface area contributed by atoms with Gasteiger partial charge in [-0.1, -0.05) is 22.0 Å². The van der Waals surface area contributed by atoms with Crippen LogP contribution in [0.2, 0.25) is 0 Å². The molecule has 0 bridgehead atoms. The lowest BCUT2D eigenvalue weighted by Crippen LogP contribution is -2.15. The second-order valence-corrected chi connectivity index (χ2v) is 5.36. The number of carbonyl (C=O) groups is 1. The smallest absolute Gasteiger partial charge is 0.306 e. The number of rotatable bonds is 3. The molecular formula is C14H17BrO2. The molecule has 2 rings (SSSR count). The number of halogens is 1. The molecule has 1 aromatic rings. The van der Waals surface area contributed by atoms with Crippen molar-refractivity contribution in [2.45, 2.75) is 38.5 Å². The molecule has 0 fully saturated rings. The van der Waals surface area contributed by atoms with E-state index in [4.69, 9.17) is 4.74 Å². The Labute approximate surface area is 110 Å². The normalized spacial score (nSPS) is 18.6. The highest BCUT2D eigenvalue weighted by molar-refractivity contribution is 9.10. The minimum absolute atomic E-state index is 0.0784. The van der Waals surface area contributed by atoms with Crippen molar-refractivity contribution >= 4 is 21.9 Å². The molecule has 0 saturated carbocycles. The zero-order valence-electron chi connectivity index (χ0n) is 10.0. The summed E-state index contributed by atoms with van der Waals surface area (Å²) in [5, 5.41) is 0. The van der Waals surface area contributed by atoms with Crippen LogP contribution in [0.3, 0.4) is 0 Å². The Morgan fingerprint density at radius 1 is 1.53 bits per heavy atom. The molecule has 0 radical (unpaired) electrons. The van der Waals surface area contributed by atoms with Gasteiger partial charge in [-0.15, -0.1) is 0 Å². The fourth-order valence-electron chi connectivity index (χ4n) is 2.50. The summed E-state index contributed by atoms with van der Waals surface area (Å²) in [4.78, 5) is 11.6. The van der Waals surface area contributed by atoms with Gasteiger partial charge in [0.15, 0.2) is 0 Å². The van der Waals surface area contributed by atoms with Gasteiger partial charge >= 0.3 is 5.97 Å². The highest BCUT2D eigenvalue weighted by Crippen LogP contribution is 2.35. The lowest BCUT2D eigenvalue weighted by atomic mass is 9.81. The summed E-state index contributed by atoms with van der Waals surface area (Å²) in [6, 6.07) is 6.39. The first-order valence-electron chi connectivity index (χ1n) is 6.14. The SMILES string of the molecule is CCOC(=O)CC1CCCc2ccc(Br)cc21. The standard InChI is InChI=1S/C14H17BrO2/c1-2-17-14(16)8-11-5-3-4-10-6-7-12(15)9-13(10)11/h6-7,9,11H,2-5,8H2,1H3. The second-order valence-electron chi connectivity index (χ2n) is 4.44. The van der Waals surface area contributed by atoms with Gasteiger partial charge in [0.05, 0.1) is 13.0 Å². The van der Waals surface area contributed by atoms with Gasteiger partial charge in [-0.25, -0.2) is 0 Å². The average Bonchev–Trinajstić information content (AvgIpc) is 2.30. The summed E-state index contributed by atoms with van der Waals surface area (Å²) in [5.74, 6) is 0.251. The maximum absolute atomic E-state index is 11.6. The van der Waals surface area contributed by atoms with Crippen LogP contribution < -0.4 is 0 Å². The van der Waals surface area contributed by atoms with Gasteiger partial charge in [0.1, 0.15) is 0 Å². The number of carbonyl (C=O) groups excluding carboxylic acids is 1. The number of esters is 1. The van der Waals surface area contributed by atoms with E-state index >= 15 is 0 Å². The van der Waals surface area contributed by atoms with Gasteiger partial charge in [-0.05, 0) is 55.4 Å². The van der Waals surface area contributed by atoms with Crippen LogP contribution in [-0.4, -0.2) is 12.6 Å². The molecule has 1 unspecified atom stereocenters. The average molecular weight is 297 g/mol. The highest BCUT2D eigenvalue weighted by Gasteiger charge is 2.23. The van der Waals surface area contributed by atoms with Gasteiger partial charge in [0.2, 0.25) is 0 Å².